The molecule has 4 fully saturated rings. The third-order valence-corrected chi connectivity index (χ3v) is 18.1. The molecule has 12 rings (SSSR count). The van der Waals surface area contributed by atoms with Crippen molar-refractivity contribution in [3.8, 4) is 11.5 Å². The van der Waals surface area contributed by atoms with Crippen molar-refractivity contribution in [2.24, 2.45) is 0 Å². The second-order valence-corrected chi connectivity index (χ2v) is 27.2. The number of hydrogen-bond acceptors (Lipinski definition) is 12. The number of carbonyl (C=O) groups is 6. The molecule has 0 radical (unpaired) electrons. The van der Waals surface area contributed by atoms with Gasteiger partial charge in [-0.1, -0.05) is 176 Å². The number of fused-ring (bicyclic) bond motifs is 4. The van der Waals surface area contributed by atoms with Gasteiger partial charge in [-0.3, -0.25) is 29.2 Å². The van der Waals surface area contributed by atoms with Gasteiger partial charge in [0.25, 0.3) is 0 Å². The number of piperazine rings is 2. The average molecular weight is 1310 g/mol. The third-order valence-electron chi connectivity index (χ3n) is 17.0. The van der Waals surface area contributed by atoms with E-state index >= 15 is 0 Å². The fraction of sp³-hybridized carbons (Fsp3) is 0.257. The minimum atomic E-state index is -3.75. The van der Waals surface area contributed by atoms with E-state index in [1.165, 1.54) is 10.0 Å². The maximum absolute atomic E-state index is 14.3. The molecule has 0 aliphatic carbocycles. The van der Waals surface area contributed by atoms with Crippen LogP contribution in [0.1, 0.15) is 33.4 Å². The molecule has 0 spiro atoms. The van der Waals surface area contributed by atoms with Crippen LogP contribution in [0, 0.1) is 0 Å². The van der Waals surface area contributed by atoms with Crippen LogP contribution >= 0.6 is 15.2 Å². The number of hydrazine groups is 2. The Bertz CT molecular complexity index is 4190. The van der Waals surface area contributed by atoms with Crippen molar-refractivity contribution in [1.82, 2.24) is 50.3 Å². The molecule has 0 aromatic heterocycles. The molecule has 4 N–H and O–H groups in total. The molecule has 6 atom stereocenters. The van der Waals surface area contributed by atoms with E-state index in [0.717, 1.165) is 68.3 Å². The highest BCUT2D eigenvalue weighted by Crippen LogP contribution is 2.40. The zero-order valence-electron chi connectivity index (χ0n) is 52.3. The zero-order chi connectivity index (χ0) is 66.3. The molecule has 8 aromatic rings. The van der Waals surface area contributed by atoms with Gasteiger partial charge in [0.2, 0.25) is 23.6 Å². The van der Waals surface area contributed by atoms with Gasteiger partial charge in [-0.05, 0) is 79.2 Å². The van der Waals surface area contributed by atoms with Gasteiger partial charge < -0.3 is 49.1 Å². The molecule has 4 heterocycles. The lowest BCUT2D eigenvalue weighted by Crippen LogP contribution is -2.66. The highest BCUT2D eigenvalue weighted by molar-refractivity contribution is 7.52. The maximum atomic E-state index is 14.3. The fourth-order valence-corrected chi connectivity index (χ4v) is 13.6. The summed E-state index contributed by atoms with van der Waals surface area (Å²) < 4.78 is 33.7. The lowest BCUT2D eigenvalue weighted by Gasteiger charge is -2.46. The van der Waals surface area contributed by atoms with Gasteiger partial charge >= 0.3 is 27.3 Å². The van der Waals surface area contributed by atoms with Gasteiger partial charge in [-0.2, -0.15) is 10.0 Å². The first-order valence-electron chi connectivity index (χ1n) is 30.8. The molecule has 0 bridgehead atoms. The van der Waals surface area contributed by atoms with Gasteiger partial charge in [-0.15, -0.1) is 6.58 Å². The predicted molar refractivity (Wildman–Crippen MR) is 356 cm³/mol. The van der Waals surface area contributed by atoms with Crippen molar-refractivity contribution in [3.05, 3.63) is 240 Å². The van der Waals surface area contributed by atoms with E-state index in [1.54, 1.807) is 91.3 Å². The average Bonchev–Trinajstić information content (AvgIpc) is 1.59. The molecule has 486 valence electrons. The number of hydrogen-bond donors (Lipinski definition) is 4. The van der Waals surface area contributed by atoms with Crippen LogP contribution in [-0.2, 0) is 67.3 Å². The fourth-order valence-electron chi connectivity index (χ4n) is 12.6. The van der Waals surface area contributed by atoms with Gasteiger partial charge in [-0.25, -0.2) is 18.7 Å². The molecule has 8 amide bonds. The quantitative estimate of drug-likeness (QED) is 0.0411. The SMILES string of the molecule is C=CCN(C(=O)NCc1ccccc1)N1CC(=O)N2[C@@H](Cc3ccc(OP(C)(=O)O)cc3)C(=O)N(Cc3cccc4ccccc34)C[C@@H]21.CN(C(=O)NCc1ccccc1)N1CC(=O)N2[C@@H](Cc3ccc(OP(C)(=O)O)cc3)C(=O)N(Cc3cccc4ccccc34)C[C@@H]21. The number of benzene rings is 8. The van der Waals surface area contributed by atoms with E-state index in [2.05, 4.69) is 17.2 Å². The van der Waals surface area contributed by atoms with Crippen molar-refractivity contribution >= 4 is 72.4 Å². The number of amides is 8. The summed E-state index contributed by atoms with van der Waals surface area (Å²) in [5.74, 6) is -0.448. The van der Waals surface area contributed by atoms with Crippen molar-refractivity contribution in [2.75, 3.05) is 53.1 Å². The van der Waals surface area contributed by atoms with E-state index in [1.807, 2.05) is 146 Å². The zero-order valence-corrected chi connectivity index (χ0v) is 54.1. The van der Waals surface area contributed by atoms with Crippen LogP contribution in [0.15, 0.2) is 207 Å². The summed E-state index contributed by atoms with van der Waals surface area (Å²) in [6, 6.07) is 57.9. The largest absolute Gasteiger partial charge is 0.425 e. The molecule has 4 aliphatic heterocycles. The van der Waals surface area contributed by atoms with Gasteiger partial charge in [0.1, 0.15) is 35.9 Å². The molecule has 0 saturated carbocycles. The first kappa shape index (κ1) is 65.8. The summed E-state index contributed by atoms with van der Waals surface area (Å²) in [4.78, 5) is 109. The van der Waals surface area contributed by atoms with Crippen molar-refractivity contribution < 1.29 is 56.7 Å². The van der Waals surface area contributed by atoms with Crippen LogP contribution in [0.5, 0.6) is 11.5 Å². The van der Waals surface area contributed by atoms with Crippen molar-refractivity contribution in [2.45, 2.75) is 63.4 Å². The molecule has 4 saturated heterocycles. The molecule has 2 unspecified atom stereocenters. The van der Waals surface area contributed by atoms with Crippen LogP contribution in [0.2, 0.25) is 0 Å². The first-order chi connectivity index (χ1) is 45.2. The highest BCUT2D eigenvalue weighted by atomic mass is 31.2. The summed E-state index contributed by atoms with van der Waals surface area (Å²) in [6.07, 6.45) is 0.848. The third kappa shape index (κ3) is 15.5. The second-order valence-electron chi connectivity index (χ2n) is 23.7. The smallest absolute Gasteiger partial charge is 0.373 e. The standard InChI is InChI=1S/C36H38N5O6P.C34H36N5O6P/c1-3-20-39(36(44)37-22-27-10-5-4-6-11-27)40-25-34(42)41-32(21-26-16-18-30(19-17-26)47-48(2,45)46)35(43)38(24-33(40)41)23-29-14-9-13-28-12-7-8-15-31(28)29;1-36(34(42)35-20-25-9-4-3-5-10-25)38-23-32(40)39-30(19-24-15-17-28(18-16-24)45-46(2,43)44)33(41)37(22-31(38)39)21-27-13-8-12-26-11-6-7-14-29(26)27/h3-19,32-33H,1,20-25H2,2H3,(H,37,44)(H,45,46);3-18,30-31H,19-23H2,1-2H3,(H,35,42)(H,43,44)/t32-,33+;30-,31+/m00/s1. The Hall–Kier alpha value is -9.66. The van der Waals surface area contributed by atoms with Crippen LogP contribution in [0.25, 0.3) is 21.5 Å². The summed E-state index contributed by atoms with van der Waals surface area (Å²) in [5, 5.41) is 16.5. The monoisotopic (exact) mass is 1310 g/mol. The first-order valence-corrected chi connectivity index (χ1v) is 34.8. The van der Waals surface area contributed by atoms with E-state index in [0.29, 0.717) is 26.2 Å². The number of nitrogens with zero attached hydrogens (tertiary/aromatic N) is 8. The van der Waals surface area contributed by atoms with Crippen LogP contribution < -0.4 is 19.7 Å². The molecular formula is C70H74N10O12P2. The van der Waals surface area contributed by atoms with E-state index < -0.39 is 39.6 Å². The summed E-state index contributed by atoms with van der Waals surface area (Å²) in [6.45, 7) is 7.79. The van der Waals surface area contributed by atoms with E-state index in [4.69, 9.17) is 9.05 Å². The summed E-state index contributed by atoms with van der Waals surface area (Å²) >= 11 is 0. The number of nitrogens with one attached hydrogen (secondary N) is 2. The molecule has 24 heteroatoms. The minimum Gasteiger partial charge on any atom is -0.425 e. The van der Waals surface area contributed by atoms with Crippen molar-refractivity contribution in [1.29, 1.82) is 0 Å². The number of carbonyl (C=O) groups excluding carboxylic acids is 6. The molecule has 8 aromatic carbocycles. The summed E-state index contributed by atoms with van der Waals surface area (Å²) in [5.41, 5.74) is 5.33. The lowest BCUT2D eigenvalue weighted by atomic mass is 9.99. The Balaban J connectivity index is 0.000000192. The van der Waals surface area contributed by atoms with Crippen LogP contribution in [0.3, 0.4) is 0 Å². The number of rotatable bonds is 20. The molecule has 22 nitrogen and oxygen atoms in total. The highest BCUT2D eigenvalue weighted by Gasteiger charge is 2.53. The Labute approximate surface area is 545 Å². The Morgan fingerprint density at radius 3 is 1.36 bits per heavy atom. The maximum Gasteiger partial charge on any atom is 0.373 e. The molecule has 4 aliphatic rings. The predicted octanol–water partition coefficient (Wildman–Crippen LogP) is 8.98. The Kier molecular flexibility index (Phi) is 20.1. The van der Waals surface area contributed by atoms with Gasteiger partial charge in [0.15, 0.2) is 0 Å². The Morgan fingerprint density at radius 2 is 0.926 bits per heavy atom. The lowest BCUT2D eigenvalue weighted by molar-refractivity contribution is -0.157. The normalized spacial score (nSPS) is 19.3. The molecular weight excluding hydrogens is 1230 g/mol. The summed E-state index contributed by atoms with van der Waals surface area (Å²) in [7, 11) is -5.85. The van der Waals surface area contributed by atoms with Gasteiger partial charge in [0, 0.05) is 59.4 Å². The second kappa shape index (κ2) is 28.7. The van der Waals surface area contributed by atoms with Gasteiger partial charge in [0.05, 0.1) is 32.7 Å². The minimum absolute atomic E-state index is 0.0547. The van der Waals surface area contributed by atoms with E-state index in [9.17, 15) is 47.7 Å². The van der Waals surface area contributed by atoms with Crippen LogP contribution in [0.4, 0.5) is 9.59 Å². The van der Waals surface area contributed by atoms with Crippen LogP contribution in [-0.4, -0.2) is 163 Å². The number of urea groups is 2. The topological polar surface area (TPSA) is 245 Å². The Morgan fingerprint density at radius 1 is 0.532 bits per heavy atom. The van der Waals surface area contributed by atoms with Crippen molar-refractivity contribution in [3.63, 3.8) is 0 Å². The molecule has 94 heavy (non-hydrogen) atoms. The van der Waals surface area contributed by atoms with E-state index in [-0.39, 0.29) is 92.8 Å².